The molecule has 0 aliphatic rings. The van der Waals surface area contributed by atoms with Gasteiger partial charge in [-0.15, -0.1) is 0 Å². The molecule has 1 heteroatoms. The van der Waals surface area contributed by atoms with Crippen LogP contribution in [0.5, 0.6) is 0 Å². The number of hydrogen-bond donors (Lipinski definition) is 0. The molecule has 1 aromatic rings. The van der Waals surface area contributed by atoms with Crippen LogP contribution in [0.25, 0.3) is 0 Å². The normalized spacial score (nSPS) is 11.5. The Hall–Kier alpha value is -0.237. The van der Waals surface area contributed by atoms with Gasteiger partial charge >= 0.3 is 71.7 Å². The third kappa shape index (κ3) is 3.61. The van der Waals surface area contributed by atoms with Gasteiger partial charge in [0.2, 0.25) is 0 Å². The van der Waals surface area contributed by atoms with Gasteiger partial charge in [-0.3, -0.25) is 0 Å². The second kappa shape index (κ2) is 3.44. The maximum atomic E-state index is 2.46. The molecule has 0 bridgehead atoms. The Kier molecular flexibility index (Phi) is 2.77. The quantitative estimate of drug-likeness (QED) is 0.654. The summed E-state index contributed by atoms with van der Waals surface area (Å²) in [5.74, 6) is 7.19. The van der Waals surface area contributed by atoms with Crippen LogP contribution in [0.3, 0.4) is 0 Å². The second-order valence-corrected chi connectivity index (χ2v) is 14.5. The zero-order valence-electron chi connectivity index (χ0n) is 7.46. The van der Waals surface area contributed by atoms with E-state index in [1.165, 1.54) is 5.56 Å². The minimum absolute atomic E-state index is 1.39. The summed E-state index contributed by atoms with van der Waals surface area (Å²) in [7, 11) is 0. The fourth-order valence-electron chi connectivity index (χ4n) is 1.05. The van der Waals surface area contributed by atoms with Crippen molar-refractivity contribution in [2.75, 3.05) is 0 Å². The van der Waals surface area contributed by atoms with E-state index in [-0.39, 0.29) is 0 Å². The van der Waals surface area contributed by atoms with Gasteiger partial charge in [-0.2, -0.15) is 0 Å². The Morgan fingerprint density at radius 2 is 1.55 bits per heavy atom. The number of hydrogen-bond acceptors (Lipinski definition) is 0. The summed E-state index contributed by atoms with van der Waals surface area (Å²) in [5, 5.41) is 2.46. The molecule has 0 aromatic heterocycles. The molecule has 0 atom stereocenters. The van der Waals surface area contributed by atoms with E-state index in [1.54, 1.807) is 0 Å². The van der Waals surface area contributed by atoms with E-state index in [1.807, 2.05) is 0 Å². The fourth-order valence-corrected chi connectivity index (χ4v) is 3.55. The third-order valence-electron chi connectivity index (χ3n) is 1.40. The first-order valence-corrected chi connectivity index (χ1v) is 11.5. The van der Waals surface area contributed by atoms with Crippen molar-refractivity contribution in [2.24, 2.45) is 0 Å². The molecular formula is C10H15Ge. The summed E-state index contributed by atoms with van der Waals surface area (Å²) in [5.41, 5.74) is 1.39. The third-order valence-corrected chi connectivity index (χ3v) is 3.92. The molecule has 59 valence electrons. The van der Waals surface area contributed by atoms with E-state index in [0.29, 0.717) is 0 Å². The predicted octanol–water partition coefficient (Wildman–Crippen LogP) is 3.12. The molecular weight excluding hydrogens is 193 g/mol. The first kappa shape index (κ1) is 8.86. The van der Waals surface area contributed by atoms with Crippen LogP contribution in [0, 0.1) is 5.25 Å². The van der Waals surface area contributed by atoms with Crippen LogP contribution in [-0.4, -0.2) is 13.3 Å². The summed E-state index contributed by atoms with van der Waals surface area (Å²) in [6.07, 6.45) is 0. The molecule has 0 aliphatic heterocycles. The van der Waals surface area contributed by atoms with E-state index in [9.17, 15) is 0 Å². The van der Waals surface area contributed by atoms with Crippen LogP contribution in [0.4, 0.5) is 0 Å². The van der Waals surface area contributed by atoms with Crippen molar-refractivity contribution in [3.05, 3.63) is 41.1 Å². The van der Waals surface area contributed by atoms with E-state index >= 15 is 0 Å². The Morgan fingerprint density at radius 3 is 2.00 bits per heavy atom. The van der Waals surface area contributed by atoms with Gasteiger partial charge in [0.05, 0.1) is 0 Å². The molecule has 0 unspecified atom stereocenters. The number of rotatable bonds is 2. The molecule has 0 nitrogen and oxygen atoms in total. The molecule has 0 heterocycles. The van der Waals surface area contributed by atoms with Gasteiger partial charge < -0.3 is 0 Å². The average molecular weight is 208 g/mol. The molecule has 1 rings (SSSR count). The number of benzene rings is 1. The second-order valence-electron chi connectivity index (χ2n) is 3.92. The van der Waals surface area contributed by atoms with E-state index in [2.05, 4.69) is 52.9 Å². The van der Waals surface area contributed by atoms with Gasteiger partial charge in [-0.05, 0) is 0 Å². The van der Waals surface area contributed by atoms with Gasteiger partial charge in [0.25, 0.3) is 0 Å². The minimum atomic E-state index is -1.48. The maximum absolute atomic E-state index is 2.46. The Bertz CT molecular complexity index is 208. The predicted molar refractivity (Wildman–Crippen MR) is 53.2 cm³/mol. The fraction of sp³-hybridized carbons (Fsp3) is 0.300. The van der Waals surface area contributed by atoms with Crippen LogP contribution >= 0.6 is 0 Å². The van der Waals surface area contributed by atoms with Crippen molar-refractivity contribution in [1.29, 1.82) is 0 Å². The van der Waals surface area contributed by atoms with Crippen molar-refractivity contribution >= 4 is 13.3 Å². The molecule has 0 saturated heterocycles. The Balaban J connectivity index is 2.66. The van der Waals surface area contributed by atoms with Gasteiger partial charge in [0.15, 0.2) is 0 Å². The van der Waals surface area contributed by atoms with Crippen LogP contribution < -0.4 is 0 Å². The van der Waals surface area contributed by atoms with Gasteiger partial charge in [-0.25, -0.2) is 0 Å². The molecule has 11 heavy (non-hydrogen) atoms. The van der Waals surface area contributed by atoms with E-state index in [0.717, 1.165) is 0 Å². The van der Waals surface area contributed by atoms with Crippen molar-refractivity contribution in [1.82, 2.24) is 0 Å². The van der Waals surface area contributed by atoms with Crippen LogP contribution in [-0.2, 0) is 0 Å². The van der Waals surface area contributed by atoms with Crippen molar-refractivity contribution < 1.29 is 0 Å². The summed E-state index contributed by atoms with van der Waals surface area (Å²) < 4.78 is 0. The molecule has 0 N–H and O–H groups in total. The van der Waals surface area contributed by atoms with Crippen molar-refractivity contribution in [2.45, 2.75) is 17.3 Å². The molecule has 1 aromatic carbocycles. The van der Waals surface area contributed by atoms with Crippen LogP contribution in [0.1, 0.15) is 5.56 Å². The summed E-state index contributed by atoms with van der Waals surface area (Å²) >= 11 is -1.48. The molecule has 0 saturated carbocycles. The van der Waals surface area contributed by atoms with Gasteiger partial charge in [-0.1, -0.05) is 0 Å². The van der Waals surface area contributed by atoms with Crippen LogP contribution in [0.2, 0.25) is 17.3 Å². The average Bonchev–Trinajstić information content (AvgIpc) is 1.85. The monoisotopic (exact) mass is 209 g/mol. The molecule has 0 amide bonds. The standard InChI is InChI=1S/C10H15Ge/c1-11(2,3)9-10-7-5-4-6-8-10/h4-9H,1-3H3. The summed E-state index contributed by atoms with van der Waals surface area (Å²) in [6.45, 7) is 0. The molecule has 1 radical (unpaired) electrons. The van der Waals surface area contributed by atoms with E-state index < -0.39 is 13.3 Å². The Morgan fingerprint density at radius 1 is 1.00 bits per heavy atom. The zero-order chi connectivity index (χ0) is 8.32. The van der Waals surface area contributed by atoms with Gasteiger partial charge in [0, 0.05) is 0 Å². The Labute approximate surface area is 72.0 Å². The van der Waals surface area contributed by atoms with Crippen LogP contribution in [0.15, 0.2) is 30.3 Å². The summed E-state index contributed by atoms with van der Waals surface area (Å²) in [4.78, 5) is 0. The topological polar surface area (TPSA) is 0 Å². The van der Waals surface area contributed by atoms with E-state index in [4.69, 9.17) is 0 Å². The molecule has 0 spiro atoms. The van der Waals surface area contributed by atoms with Crippen molar-refractivity contribution in [3.63, 3.8) is 0 Å². The van der Waals surface area contributed by atoms with Crippen molar-refractivity contribution in [3.8, 4) is 0 Å². The summed E-state index contributed by atoms with van der Waals surface area (Å²) in [6, 6.07) is 10.6. The zero-order valence-corrected chi connectivity index (χ0v) is 9.56. The first-order chi connectivity index (χ1) is 5.08. The molecule has 0 aliphatic carbocycles. The van der Waals surface area contributed by atoms with Gasteiger partial charge in [0.1, 0.15) is 0 Å². The SMILES string of the molecule is [CH3][Ge]([CH3])([CH3])[CH]c1ccccc1. The molecule has 0 fully saturated rings. The first-order valence-electron chi connectivity index (χ1n) is 3.99.